The molecule has 1 spiro atoms. The van der Waals surface area contributed by atoms with E-state index in [9.17, 15) is 24.5 Å². The second-order valence-corrected chi connectivity index (χ2v) is 9.34. The lowest BCUT2D eigenvalue weighted by Crippen LogP contribution is -2.54. The molecule has 1 N–H and O–H groups in total. The molecule has 168 valence electrons. The maximum Gasteiger partial charge on any atom is 0.269 e. The van der Waals surface area contributed by atoms with Crippen molar-refractivity contribution in [2.24, 2.45) is 11.8 Å². The average Bonchev–Trinajstić information content (AvgIpc) is 3.50. The van der Waals surface area contributed by atoms with E-state index in [0.717, 1.165) is 40.1 Å². The quantitative estimate of drug-likeness (QED) is 0.431. The smallest absolute Gasteiger partial charge is 0.269 e. The summed E-state index contributed by atoms with van der Waals surface area (Å²) in [6.45, 7) is 4.57. The largest absolute Gasteiger partial charge is 0.324 e. The van der Waals surface area contributed by atoms with Gasteiger partial charge in [0.15, 0.2) is 0 Å². The van der Waals surface area contributed by atoms with Gasteiger partial charge in [-0.3, -0.25) is 29.4 Å². The number of nitro groups is 1. The minimum Gasteiger partial charge on any atom is -0.324 e. The van der Waals surface area contributed by atoms with Crippen molar-refractivity contribution in [3.8, 4) is 0 Å². The van der Waals surface area contributed by atoms with Crippen LogP contribution in [0.1, 0.15) is 29.5 Å². The topological polar surface area (TPSA) is 113 Å². The van der Waals surface area contributed by atoms with Crippen LogP contribution in [0, 0.1) is 35.8 Å². The van der Waals surface area contributed by atoms with Gasteiger partial charge in [-0.15, -0.1) is 0 Å². The maximum atomic E-state index is 13.9. The number of rotatable bonds is 2. The zero-order valence-corrected chi connectivity index (χ0v) is 18.2. The van der Waals surface area contributed by atoms with Gasteiger partial charge in [0.05, 0.1) is 22.4 Å². The number of amides is 3. The molecule has 0 unspecified atom stereocenters. The number of nitrogens with zero attached hydrogens (tertiary/aromatic N) is 3. The van der Waals surface area contributed by atoms with Crippen LogP contribution in [0.25, 0.3) is 0 Å². The second kappa shape index (κ2) is 6.48. The van der Waals surface area contributed by atoms with E-state index in [1.807, 2.05) is 26.0 Å². The van der Waals surface area contributed by atoms with Crippen molar-refractivity contribution >= 4 is 34.8 Å². The molecule has 4 aliphatic rings. The molecule has 2 aromatic carbocycles. The lowest BCUT2D eigenvalue weighted by atomic mass is 9.75. The number of fused-ring (bicyclic) bond motifs is 7. The fourth-order valence-electron chi connectivity index (χ4n) is 6.50. The fourth-order valence-corrected chi connectivity index (χ4v) is 6.50. The number of anilines is 2. The summed E-state index contributed by atoms with van der Waals surface area (Å²) in [6, 6.07) is 9.09. The number of hydrogen-bond acceptors (Lipinski definition) is 6. The van der Waals surface area contributed by atoms with Crippen molar-refractivity contribution in [2.75, 3.05) is 16.8 Å². The number of benzene rings is 2. The predicted octanol–water partition coefficient (Wildman–Crippen LogP) is 2.64. The van der Waals surface area contributed by atoms with Crippen LogP contribution in [0.5, 0.6) is 0 Å². The van der Waals surface area contributed by atoms with E-state index in [1.54, 1.807) is 0 Å². The van der Waals surface area contributed by atoms with Gasteiger partial charge >= 0.3 is 0 Å². The Balaban J connectivity index is 1.52. The average molecular weight is 446 g/mol. The maximum absolute atomic E-state index is 13.9. The molecule has 2 aromatic rings. The molecular weight excluding hydrogens is 424 g/mol. The SMILES string of the molecule is Cc1ccc2c(c1C)NC(=O)[C@@]21[C@@H]2C(=O)N(c3ccc([N+](=O)[O-])cc3)C(=O)[C@@H]2[C@@H]2CCCN21. The molecule has 0 saturated carbocycles. The Morgan fingerprint density at radius 1 is 1.06 bits per heavy atom. The van der Waals surface area contributed by atoms with Crippen LogP contribution in [-0.2, 0) is 19.9 Å². The second-order valence-electron chi connectivity index (χ2n) is 9.34. The molecular formula is C24H22N4O5. The van der Waals surface area contributed by atoms with E-state index in [0.29, 0.717) is 12.2 Å². The first kappa shape index (κ1) is 20.0. The summed E-state index contributed by atoms with van der Waals surface area (Å²) in [5.74, 6) is -2.48. The van der Waals surface area contributed by atoms with Crippen molar-refractivity contribution in [1.82, 2.24) is 4.90 Å². The summed E-state index contributed by atoms with van der Waals surface area (Å²) < 4.78 is 0. The number of imide groups is 1. The lowest BCUT2D eigenvalue weighted by Gasteiger charge is -2.36. The summed E-state index contributed by atoms with van der Waals surface area (Å²) >= 11 is 0. The Hall–Kier alpha value is -3.59. The van der Waals surface area contributed by atoms with E-state index < -0.39 is 28.2 Å². The standard InChI is InChI=1S/C24H22N4O5/c1-12-5-10-16-20(13(12)2)25-23(31)24(16)19-18(17-4-3-11-26(17)24)21(29)27(22(19)30)14-6-8-15(9-7-14)28(32)33/h5-10,17-19H,3-4,11H2,1-2H3,(H,25,31)/t17-,18+,19-,24-/m0/s1. The molecule has 3 amide bonds. The molecule has 33 heavy (non-hydrogen) atoms. The molecule has 0 aliphatic carbocycles. The van der Waals surface area contributed by atoms with Gasteiger partial charge in [-0.2, -0.15) is 0 Å². The molecule has 0 radical (unpaired) electrons. The van der Waals surface area contributed by atoms with Crippen LogP contribution in [0.3, 0.4) is 0 Å². The van der Waals surface area contributed by atoms with Crippen molar-refractivity contribution in [3.05, 3.63) is 63.2 Å². The Morgan fingerprint density at radius 3 is 2.48 bits per heavy atom. The van der Waals surface area contributed by atoms with E-state index in [1.165, 1.54) is 24.3 Å². The van der Waals surface area contributed by atoms with Crippen molar-refractivity contribution in [3.63, 3.8) is 0 Å². The van der Waals surface area contributed by atoms with Crippen molar-refractivity contribution < 1.29 is 19.3 Å². The van der Waals surface area contributed by atoms with Crippen molar-refractivity contribution in [1.29, 1.82) is 0 Å². The Bertz CT molecular complexity index is 1270. The van der Waals surface area contributed by atoms with Crippen LogP contribution in [0.2, 0.25) is 0 Å². The number of non-ortho nitro benzene ring substituents is 1. The summed E-state index contributed by atoms with van der Waals surface area (Å²) in [5, 5.41) is 14.1. The minimum absolute atomic E-state index is 0.119. The lowest BCUT2D eigenvalue weighted by molar-refractivity contribution is -0.384. The van der Waals surface area contributed by atoms with Gasteiger partial charge in [-0.1, -0.05) is 12.1 Å². The molecule has 4 aliphatic heterocycles. The van der Waals surface area contributed by atoms with Crippen LogP contribution in [-0.4, -0.2) is 40.1 Å². The van der Waals surface area contributed by atoms with Gasteiger partial charge in [0, 0.05) is 29.4 Å². The third-order valence-electron chi connectivity index (χ3n) is 8.02. The zero-order valence-electron chi connectivity index (χ0n) is 18.2. The zero-order chi connectivity index (χ0) is 23.2. The molecule has 3 saturated heterocycles. The van der Waals surface area contributed by atoms with Gasteiger partial charge in [0.25, 0.3) is 5.69 Å². The van der Waals surface area contributed by atoms with Gasteiger partial charge in [-0.05, 0) is 56.5 Å². The monoisotopic (exact) mass is 446 g/mol. The first-order valence-electron chi connectivity index (χ1n) is 11.1. The Morgan fingerprint density at radius 2 is 1.79 bits per heavy atom. The van der Waals surface area contributed by atoms with Gasteiger partial charge in [0.2, 0.25) is 17.7 Å². The normalized spacial score (nSPS) is 30.1. The highest BCUT2D eigenvalue weighted by atomic mass is 16.6. The minimum atomic E-state index is -1.22. The molecule has 4 heterocycles. The molecule has 6 rings (SSSR count). The number of carbonyl (C=O) groups is 3. The first-order valence-corrected chi connectivity index (χ1v) is 11.1. The van der Waals surface area contributed by atoms with Crippen LogP contribution in [0.4, 0.5) is 17.1 Å². The molecule has 9 heteroatoms. The summed E-state index contributed by atoms with van der Waals surface area (Å²) in [4.78, 5) is 55.0. The van der Waals surface area contributed by atoms with Gasteiger partial charge in [-0.25, -0.2) is 4.90 Å². The third kappa shape index (κ3) is 2.27. The summed E-state index contributed by atoms with van der Waals surface area (Å²) in [6.07, 6.45) is 1.59. The first-order chi connectivity index (χ1) is 15.8. The van der Waals surface area contributed by atoms with Gasteiger partial charge < -0.3 is 5.32 Å². The number of nitro benzene ring substituents is 1. The molecule has 0 bridgehead atoms. The highest BCUT2D eigenvalue weighted by molar-refractivity contribution is 6.26. The molecule has 4 atom stereocenters. The van der Waals surface area contributed by atoms with Crippen molar-refractivity contribution in [2.45, 2.75) is 38.3 Å². The van der Waals surface area contributed by atoms with E-state index >= 15 is 0 Å². The number of carbonyl (C=O) groups excluding carboxylic acids is 3. The summed E-state index contributed by atoms with van der Waals surface area (Å²) in [5.41, 5.74) is 2.46. The van der Waals surface area contributed by atoms with Crippen LogP contribution < -0.4 is 10.2 Å². The van der Waals surface area contributed by atoms with E-state index in [2.05, 4.69) is 10.2 Å². The van der Waals surface area contributed by atoms with E-state index in [-0.39, 0.29) is 23.5 Å². The molecule has 0 aromatic heterocycles. The van der Waals surface area contributed by atoms with Gasteiger partial charge in [0.1, 0.15) is 5.54 Å². The predicted molar refractivity (Wildman–Crippen MR) is 119 cm³/mol. The Kier molecular flexibility index (Phi) is 3.93. The Labute approximate surface area is 189 Å². The third-order valence-corrected chi connectivity index (χ3v) is 8.02. The number of nitrogens with one attached hydrogen (secondary N) is 1. The van der Waals surface area contributed by atoms with Crippen LogP contribution >= 0.6 is 0 Å². The molecule has 3 fully saturated rings. The molecule has 9 nitrogen and oxygen atoms in total. The number of aryl methyl sites for hydroxylation is 1. The van der Waals surface area contributed by atoms with Crippen LogP contribution in [0.15, 0.2) is 36.4 Å². The number of hydrogen-bond donors (Lipinski definition) is 1. The summed E-state index contributed by atoms with van der Waals surface area (Å²) in [7, 11) is 0. The van der Waals surface area contributed by atoms with E-state index in [4.69, 9.17) is 0 Å². The highest BCUT2D eigenvalue weighted by Crippen LogP contribution is 2.61. The highest BCUT2D eigenvalue weighted by Gasteiger charge is 2.74. The fraction of sp³-hybridized carbons (Fsp3) is 0.375.